The fourth-order valence-corrected chi connectivity index (χ4v) is 5.17. The van der Waals surface area contributed by atoms with Crippen LogP contribution in [0.3, 0.4) is 0 Å². The van der Waals surface area contributed by atoms with Crippen LogP contribution in [0.15, 0.2) is 30.2 Å². The maximum atomic E-state index is 11.3. The Morgan fingerprint density at radius 1 is 1.16 bits per heavy atom. The molecular formula is C22H29N7O3. The lowest BCUT2D eigenvalue weighted by Crippen LogP contribution is -2.47. The van der Waals surface area contributed by atoms with Gasteiger partial charge in [-0.1, -0.05) is 6.07 Å². The lowest BCUT2D eigenvalue weighted by Gasteiger charge is -2.47. The van der Waals surface area contributed by atoms with Crippen molar-refractivity contribution in [1.29, 1.82) is 0 Å². The minimum absolute atomic E-state index is 0.220. The number of aromatic nitrogens is 5. The van der Waals surface area contributed by atoms with Gasteiger partial charge in [0.05, 0.1) is 11.8 Å². The Labute approximate surface area is 186 Å². The molecule has 2 saturated heterocycles. The highest BCUT2D eigenvalue weighted by Gasteiger charge is 2.38. The number of aliphatic hydroxyl groups is 1. The van der Waals surface area contributed by atoms with E-state index in [1.165, 1.54) is 11.0 Å². The van der Waals surface area contributed by atoms with E-state index >= 15 is 0 Å². The Kier molecular flexibility index (Phi) is 5.64. The number of pyridine rings is 1. The molecule has 0 aromatic carbocycles. The molecule has 5 rings (SSSR count). The van der Waals surface area contributed by atoms with Gasteiger partial charge >= 0.3 is 5.97 Å². The molecule has 170 valence electrons. The van der Waals surface area contributed by atoms with E-state index in [-0.39, 0.29) is 5.97 Å². The SMILES string of the molecule is Cc1nc(-n2cnnn2)ccc1C(O)CN1CCC2(CC1)CCN(C1=CC(=O)OC1)CC2. The van der Waals surface area contributed by atoms with Gasteiger partial charge in [-0.2, -0.15) is 4.68 Å². The zero-order chi connectivity index (χ0) is 22.1. The molecule has 1 atom stereocenters. The number of cyclic esters (lactones) is 1. The predicted molar refractivity (Wildman–Crippen MR) is 115 cm³/mol. The maximum Gasteiger partial charge on any atom is 0.333 e. The number of rotatable bonds is 5. The minimum atomic E-state index is -0.576. The van der Waals surface area contributed by atoms with Crippen LogP contribution in [0, 0.1) is 12.3 Å². The highest BCUT2D eigenvalue weighted by molar-refractivity contribution is 5.85. The van der Waals surface area contributed by atoms with E-state index in [9.17, 15) is 9.90 Å². The number of hydrogen-bond donors (Lipinski definition) is 1. The number of β-amino-alcohol motifs (C(OH)–C–C–N with tert-alkyl or cyclic N) is 1. The molecule has 1 spiro atoms. The summed E-state index contributed by atoms with van der Waals surface area (Å²) < 4.78 is 6.57. The van der Waals surface area contributed by atoms with E-state index in [1.807, 2.05) is 19.1 Å². The zero-order valence-corrected chi connectivity index (χ0v) is 18.4. The first-order valence-electron chi connectivity index (χ1n) is 11.2. The summed E-state index contributed by atoms with van der Waals surface area (Å²) in [5.41, 5.74) is 3.04. The number of carbonyl (C=O) groups excluding carboxylic acids is 1. The molecule has 3 aliphatic heterocycles. The maximum absolute atomic E-state index is 11.3. The molecule has 2 aromatic heterocycles. The van der Waals surface area contributed by atoms with Crippen molar-refractivity contribution in [3.63, 3.8) is 0 Å². The third kappa shape index (κ3) is 4.24. The molecule has 3 aliphatic rings. The lowest BCUT2D eigenvalue weighted by molar-refractivity contribution is -0.135. The Morgan fingerprint density at radius 2 is 1.91 bits per heavy atom. The number of esters is 1. The first kappa shape index (κ1) is 21.0. The van der Waals surface area contributed by atoms with Crippen LogP contribution in [-0.4, -0.2) is 85.4 Å². The summed E-state index contributed by atoms with van der Waals surface area (Å²) in [7, 11) is 0. The number of hydrogen-bond acceptors (Lipinski definition) is 9. The van der Waals surface area contributed by atoms with Crippen LogP contribution in [0.2, 0.25) is 0 Å². The summed E-state index contributed by atoms with van der Waals surface area (Å²) in [5, 5.41) is 22.0. The highest BCUT2D eigenvalue weighted by Crippen LogP contribution is 2.42. The standard InChI is InChI=1S/C22H29N7O3/c1-16-18(2-3-20(24-16)29-15-23-25-26-29)19(30)13-27-8-4-22(5-9-27)6-10-28(11-7-22)17-12-21(31)32-14-17/h2-3,12,15,19,30H,4-11,13-14H2,1H3. The van der Waals surface area contributed by atoms with E-state index in [1.54, 1.807) is 6.08 Å². The number of aryl methyl sites for hydroxylation is 1. The molecular weight excluding hydrogens is 410 g/mol. The van der Waals surface area contributed by atoms with E-state index in [0.29, 0.717) is 24.4 Å². The summed E-state index contributed by atoms with van der Waals surface area (Å²) in [6.45, 7) is 6.91. The second-order valence-electron chi connectivity index (χ2n) is 9.15. The summed E-state index contributed by atoms with van der Waals surface area (Å²) in [5.74, 6) is 0.418. The molecule has 1 N–H and O–H groups in total. The van der Waals surface area contributed by atoms with Crippen molar-refractivity contribution in [3.05, 3.63) is 41.5 Å². The normalized spacial score (nSPS) is 22.1. The molecule has 10 nitrogen and oxygen atoms in total. The van der Waals surface area contributed by atoms with Gasteiger partial charge in [0, 0.05) is 37.0 Å². The van der Waals surface area contributed by atoms with Crippen LogP contribution < -0.4 is 0 Å². The van der Waals surface area contributed by atoms with E-state index in [0.717, 1.165) is 68.8 Å². The van der Waals surface area contributed by atoms with E-state index in [4.69, 9.17) is 4.74 Å². The van der Waals surface area contributed by atoms with Gasteiger partial charge < -0.3 is 19.6 Å². The van der Waals surface area contributed by atoms with Gasteiger partial charge in [-0.15, -0.1) is 5.10 Å². The molecule has 32 heavy (non-hydrogen) atoms. The number of ether oxygens (including phenoxy) is 1. The van der Waals surface area contributed by atoms with Gasteiger partial charge in [-0.05, 0) is 67.6 Å². The molecule has 2 fully saturated rings. The fraction of sp³-hybridized carbons (Fsp3) is 0.591. The molecule has 2 aromatic rings. The summed E-state index contributed by atoms with van der Waals surface area (Å²) in [4.78, 5) is 20.6. The van der Waals surface area contributed by atoms with Crippen LogP contribution >= 0.6 is 0 Å². The van der Waals surface area contributed by atoms with Gasteiger partial charge in [0.2, 0.25) is 0 Å². The van der Waals surface area contributed by atoms with Crippen LogP contribution in [0.4, 0.5) is 0 Å². The smallest absolute Gasteiger partial charge is 0.333 e. The van der Waals surface area contributed by atoms with Crippen LogP contribution in [0.5, 0.6) is 0 Å². The Hall–Kier alpha value is -2.85. The Balaban J connectivity index is 1.14. The van der Waals surface area contributed by atoms with Gasteiger partial charge in [0.25, 0.3) is 0 Å². The van der Waals surface area contributed by atoms with E-state index < -0.39 is 6.10 Å². The second kappa shape index (κ2) is 8.59. The predicted octanol–water partition coefficient (Wildman–Crippen LogP) is 1.02. The molecule has 0 amide bonds. The average Bonchev–Trinajstić information content (AvgIpc) is 3.48. The summed E-state index contributed by atoms with van der Waals surface area (Å²) in [6, 6.07) is 3.75. The molecule has 0 saturated carbocycles. The minimum Gasteiger partial charge on any atom is -0.456 e. The van der Waals surface area contributed by atoms with Gasteiger partial charge in [0.15, 0.2) is 5.82 Å². The van der Waals surface area contributed by atoms with Gasteiger partial charge in [0.1, 0.15) is 12.9 Å². The largest absolute Gasteiger partial charge is 0.456 e. The zero-order valence-electron chi connectivity index (χ0n) is 18.4. The molecule has 5 heterocycles. The van der Waals surface area contributed by atoms with Crippen molar-refractivity contribution in [2.45, 2.75) is 38.7 Å². The number of tetrazole rings is 1. The van der Waals surface area contributed by atoms with Crippen molar-refractivity contribution < 1.29 is 14.6 Å². The summed E-state index contributed by atoms with van der Waals surface area (Å²) in [6.07, 6.45) is 7.16. The second-order valence-corrected chi connectivity index (χ2v) is 9.15. The van der Waals surface area contributed by atoms with Gasteiger partial charge in [-0.25, -0.2) is 9.78 Å². The molecule has 10 heteroatoms. The number of carbonyl (C=O) groups is 1. The summed E-state index contributed by atoms with van der Waals surface area (Å²) >= 11 is 0. The third-order valence-corrected chi connectivity index (χ3v) is 7.28. The number of piperidine rings is 2. The van der Waals surface area contributed by atoms with Crippen molar-refractivity contribution >= 4 is 5.97 Å². The van der Waals surface area contributed by atoms with Crippen molar-refractivity contribution in [1.82, 2.24) is 35.0 Å². The lowest BCUT2D eigenvalue weighted by atomic mass is 9.71. The quantitative estimate of drug-likeness (QED) is 0.683. The molecule has 1 unspecified atom stereocenters. The molecule has 0 radical (unpaired) electrons. The Morgan fingerprint density at radius 3 is 2.53 bits per heavy atom. The highest BCUT2D eigenvalue weighted by atomic mass is 16.5. The first-order valence-corrected chi connectivity index (χ1v) is 11.2. The van der Waals surface area contributed by atoms with Crippen LogP contribution in [-0.2, 0) is 9.53 Å². The number of likely N-dealkylation sites (tertiary alicyclic amines) is 2. The van der Waals surface area contributed by atoms with Crippen LogP contribution in [0.1, 0.15) is 43.0 Å². The molecule has 0 bridgehead atoms. The van der Waals surface area contributed by atoms with Crippen molar-refractivity contribution in [2.75, 3.05) is 39.3 Å². The van der Waals surface area contributed by atoms with Crippen LogP contribution in [0.25, 0.3) is 5.82 Å². The average molecular weight is 440 g/mol. The van der Waals surface area contributed by atoms with E-state index in [2.05, 4.69) is 30.3 Å². The fourth-order valence-electron chi connectivity index (χ4n) is 5.17. The Bertz CT molecular complexity index is 989. The van der Waals surface area contributed by atoms with Gasteiger partial charge in [-0.3, -0.25) is 0 Å². The van der Waals surface area contributed by atoms with Crippen molar-refractivity contribution in [2.24, 2.45) is 5.41 Å². The topological polar surface area (TPSA) is 109 Å². The molecule has 0 aliphatic carbocycles. The van der Waals surface area contributed by atoms with Crippen molar-refractivity contribution in [3.8, 4) is 5.82 Å². The third-order valence-electron chi connectivity index (χ3n) is 7.28. The number of aliphatic hydroxyl groups excluding tert-OH is 1. The number of nitrogens with zero attached hydrogens (tertiary/aromatic N) is 7. The monoisotopic (exact) mass is 439 g/mol. The first-order chi connectivity index (χ1) is 15.5.